The van der Waals surface area contributed by atoms with Gasteiger partial charge in [-0.3, -0.25) is 0 Å². The van der Waals surface area contributed by atoms with Crippen LogP contribution in [0.5, 0.6) is 0 Å². The summed E-state index contributed by atoms with van der Waals surface area (Å²) in [7, 11) is 0. The third kappa shape index (κ3) is 2.97. The predicted molar refractivity (Wildman–Crippen MR) is 66.6 cm³/mol. The largest absolute Gasteiger partial charge is 0.478 e. The van der Waals surface area contributed by atoms with Crippen molar-refractivity contribution in [3.63, 3.8) is 0 Å². The van der Waals surface area contributed by atoms with Gasteiger partial charge < -0.3 is 5.11 Å². The van der Waals surface area contributed by atoms with Crippen molar-refractivity contribution in [2.24, 2.45) is 5.92 Å². The second kappa shape index (κ2) is 5.04. The molecule has 0 atom stereocenters. The van der Waals surface area contributed by atoms with Crippen LogP contribution in [-0.2, 0) is 6.42 Å². The van der Waals surface area contributed by atoms with E-state index in [1.165, 1.54) is 12.8 Å². The summed E-state index contributed by atoms with van der Waals surface area (Å²) in [5, 5.41) is 9.83. The van der Waals surface area contributed by atoms with E-state index in [4.69, 9.17) is 0 Å². The molecule has 0 aliphatic heterocycles. The third-order valence-electron chi connectivity index (χ3n) is 2.79. The molecule has 0 saturated heterocycles. The van der Waals surface area contributed by atoms with Gasteiger partial charge in [-0.05, 0) is 25.7 Å². The lowest BCUT2D eigenvalue weighted by Gasteiger charge is -2.09. The molecule has 1 aliphatic carbocycles. The van der Waals surface area contributed by atoms with Crippen molar-refractivity contribution in [1.82, 2.24) is 9.97 Å². The molecule has 1 N–H and O–H groups in total. The smallest absolute Gasteiger partial charge is 0.340 e. The number of carboxylic acids is 1. The topological polar surface area (TPSA) is 63.1 Å². The molecule has 0 spiro atoms. The highest BCUT2D eigenvalue weighted by Gasteiger charge is 2.24. The van der Waals surface area contributed by atoms with Crippen molar-refractivity contribution in [2.75, 3.05) is 5.75 Å². The standard InChI is InChI=1S/C12H16N2O2S/c1-3-9-13-7(2)10(12(15)16)11(14-9)17-6-8-4-5-8/h8H,3-6H2,1-2H3,(H,15,16). The molecule has 0 bridgehead atoms. The Labute approximate surface area is 105 Å². The minimum absolute atomic E-state index is 0.271. The first kappa shape index (κ1) is 12.4. The molecular weight excluding hydrogens is 236 g/mol. The van der Waals surface area contributed by atoms with Crippen LogP contribution in [0.15, 0.2) is 5.03 Å². The van der Waals surface area contributed by atoms with Crippen LogP contribution in [0.4, 0.5) is 0 Å². The fourth-order valence-corrected chi connectivity index (χ4v) is 2.87. The molecule has 1 saturated carbocycles. The SMILES string of the molecule is CCc1nc(C)c(C(=O)O)c(SCC2CC2)n1. The molecule has 17 heavy (non-hydrogen) atoms. The van der Waals surface area contributed by atoms with Gasteiger partial charge in [0, 0.05) is 12.2 Å². The zero-order valence-corrected chi connectivity index (χ0v) is 10.9. The van der Waals surface area contributed by atoms with Gasteiger partial charge in [0.25, 0.3) is 0 Å². The summed E-state index contributed by atoms with van der Waals surface area (Å²) >= 11 is 1.56. The van der Waals surface area contributed by atoms with Gasteiger partial charge in [-0.25, -0.2) is 14.8 Å². The Morgan fingerprint density at radius 1 is 1.47 bits per heavy atom. The average Bonchev–Trinajstić information content (AvgIpc) is 3.08. The first-order valence-electron chi connectivity index (χ1n) is 5.85. The lowest BCUT2D eigenvalue weighted by atomic mass is 10.2. The lowest BCUT2D eigenvalue weighted by molar-refractivity contribution is 0.0690. The lowest BCUT2D eigenvalue weighted by Crippen LogP contribution is -2.09. The molecular formula is C12H16N2O2S. The molecule has 1 aliphatic rings. The van der Waals surface area contributed by atoms with E-state index in [0.717, 1.165) is 23.9 Å². The number of thioether (sulfide) groups is 1. The van der Waals surface area contributed by atoms with E-state index in [0.29, 0.717) is 10.7 Å². The Morgan fingerprint density at radius 2 is 2.18 bits per heavy atom. The van der Waals surface area contributed by atoms with Gasteiger partial charge in [-0.15, -0.1) is 11.8 Å². The fourth-order valence-electron chi connectivity index (χ4n) is 1.59. The molecule has 4 nitrogen and oxygen atoms in total. The summed E-state index contributed by atoms with van der Waals surface area (Å²) in [5.41, 5.74) is 0.843. The van der Waals surface area contributed by atoms with Gasteiger partial charge in [-0.1, -0.05) is 6.92 Å². The molecule has 5 heteroatoms. The Hall–Kier alpha value is -1.10. The number of carbonyl (C=O) groups is 1. The van der Waals surface area contributed by atoms with Crippen LogP contribution in [0.25, 0.3) is 0 Å². The maximum Gasteiger partial charge on any atom is 0.340 e. The maximum atomic E-state index is 11.2. The van der Waals surface area contributed by atoms with E-state index in [1.54, 1.807) is 18.7 Å². The average molecular weight is 252 g/mol. The number of hydrogen-bond donors (Lipinski definition) is 1. The molecule has 1 fully saturated rings. The van der Waals surface area contributed by atoms with Crippen molar-refractivity contribution in [3.8, 4) is 0 Å². The number of hydrogen-bond acceptors (Lipinski definition) is 4. The van der Waals surface area contributed by atoms with Crippen LogP contribution in [0.1, 0.15) is 41.6 Å². The van der Waals surface area contributed by atoms with Crippen molar-refractivity contribution in [2.45, 2.75) is 38.1 Å². The summed E-state index contributed by atoms with van der Waals surface area (Å²) in [5.74, 6) is 1.52. The van der Waals surface area contributed by atoms with Crippen LogP contribution in [-0.4, -0.2) is 26.8 Å². The van der Waals surface area contributed by atoms with Crippen LogP contribution in [0, 0.1) is 12.8 Å². The highest BCUT2D eigenvalue weighted by Crippen LogP contribution is 2.35. The minimum Gasteiger partial charge on any atom is -0.478 e. The number of rotatable bonds is 5. The molecule has 1 aromatic heterocycles. The molecule has 0 radical (unpaired) electrons. The Bertz CT molecular complexity index is 444. The van der Waals surface area contributed by atoms with Crippen molar-refractivity contribution < 1.29 is 9.90 Å². The molecule has 0 amide bonds. The normalized spacial score (nSPS) is 14.9. The van der Waals surface area contributed by atoms with Gasteiger partial charge in [0.1, 0.15) is 16.4 Å². The molecule has 0 aromatic carbocycles. The first-order valence-corrected chi connectivity index (χ1v) is 6.84. The summed E-state index contributed by atoms with van der Waals surface area (Å²) in [6.07, 6.45) is 3.26. The summed E-state index contributed by atoms with van der Waals surface area (Å²) in [4.78, 5) is 19.8. The Balaban J connectivity index is 2.29. The monoisotopic (exact) mass is 252 g/mol. The molecule has 92 valence electrons. The van der Waals surface area contributed by atoms with Crippen molar-refractivity contribution in [1.29, 1.82) is 0 Å². The van der Waals surface area contributed by atoms with E-state index < -0.39 is 5.97 Å². The van der Waals surface area contributed by atoms with Gasteiger partial charge in [0.05, 0.1) is 5.69 Å². The fraction of sp³-hybridized carbons (Fsp3) is 0.583. The van der Waals surface area contributed by atoms with Gasteiger partial charge >= 0.3 is 5.97 Å². The van der Waals surface area contributed by atoms with Gasteiger partial charge in [-0.2, -0.15) is 0 Å². The van der Waals surface area contributed by atoms with E-state index >= 15 is 0 Å². The van der Waals surface area contributed by atoms with Crippen LogP contribution in [0.3, 0.4) is 0 Å². The molecule has 1 heterocycles. The van der Waals surface area contributed by atoms with E-state index in [1.807, 2.05) is 6.92 Å². The molecule has 0 unspecified atom stereocenters. The first-order chi connectivity index (χ1) is 8.11. The minimum atomic E-state index is -0.927. The summed E-state index contributed by atoms with van der Waals surface area (Å²) < 4.78 is 0. The Kier molecular flexibility index (Phi) is 3.66. The summed E-state index contributed by atoms with van der Waals surface area (Å²) in [6.45, 7) is 3.72. The van der Waals surface area contributed by atoms with Crippen LogP contribution in [0.2, 0.25) is 0 Å². The highest BCUT2D eigenvalue weighted by atomic mass is 32.2. The third-order valence-corrected chi connectivity index (χ3v) is 3.99. The quantitative estimate of drug-likeness (QED) is 0.644. The Morgan fingerprint density at radius 3 is 2.71 bits per heavy atom. The number of aromatic carboxylic acids is 1. The van der Waals surface area contributed by atoms with Crippen LogP contribution < -0.4 is 0 Å². The van der Waals surface area contributed by atoms with E-state index in [2.05, 4.69) is 9.97 Å². The number of aromatic nitrogens is 2. The number of aryl methyl sites for hydroxylation is 2. The zero-order chi connectivity index (χ0) is 12.4. The van der Waals surface area contributed by atoms with Crippen LogP contribution >= 0.6 is 11.8 Å². The second-order valence-electron chi connectivity index (χ2n) is 4.32. The predicted octanol–water partition coefficient (Wildman–Crippen LogP) is 2.55. The number of carboxylic acid groups (broad SMARTS) is 1. The number of nitrogens with zero attached hydrogens (tertiary/aromatic N) is 2. The highest BCUT2D eigenvalue weighted by molar-refractivity contribution is 7.99. The van der Waals surface area contributed by atoms with E-state index in [-0.39, 0.29) is 5.56 Å². The van der Waals surface area contributed by atoms with Crippen molar-refractivity contribution >= 4 is 17.7 Å². The zero-order valence-electron chi connectivity index (χ0n) is 10.1. The maximum absolute atomic E-state index is 11.2. The molecule has 1 aromatic rings. The van der Waals surface area contributed by atoms with Gasteiger partial charge in [0.2, 0.25) is 0 Å². The van der Waals surface area contributed by atoms with Crippen molar-refractivity contribution in [3.05, 3.63) is 17.1 Å². The molecule has 2 rings (SSSR count). The second-order valence-corrected chi connectivity index (χ2v) is 5.33. The van der Waals surface area contributed by atoms with Gasteiger partial charge in [0.15, 0.2) is 0 Å². The summed E-state index contributed by atoms with van der Waals surface area (Å²) in [6, 6.07) is 0. The van der Waals surface area contributed by atoms with E-state index in [9.17, 15) is 9.90 Å².